The van der Waals surface area contributed by atoms with E-state index in [1.165, 1.54) is 0 Å². The lowest BCUT2D eigenvalue weighted by Crippen LogP contribution is -2.27. The standard InChI is InChI=1S/C25H25N3O6/c1-16-20(17(2)34-27-16)14-32-19-11-9-18(10-12-19)25(31)33-15-23(29)26-21-6-3-4-7-22(21)28-13-5-8-24(28)30/h3-4,6-7,9-12H,5,8,13-15H2,1-2H3,(H,26,29). The number of benzene rings is 2. The van der Waals surface area contributed by atoms with Gasteiger partial charge in [0.05, 0.1) is 28.2 Å². The van der Waals surface area contributed by atoms with E-state index in [-0.39, 0.29) is 5.91 Å². The van der Waals surface area contributed by atoms with E-state index in [9.17, 15) is 14.4 Å². The van der Waals surface area contributed by atoms with Gasteiger partial charge in [0.2, 0.25) is 5.91 Å². The number of nitrogens with zero attached hydrogens (tertiary/aromatic N) is 2. The number of aryl methyl sites for hydroxylation is 2. The SMILES string of the molecule is Cc1noc(C)c1COc1ccc(C(=O)OCC(=O)Nc2ccccc2N2CCCC2=O)cc1. The molecule has 2 heterocycles. The minimum atomic E-state index is -0.629. The Morgan fingerprint density at radius 2 is 1.88 bits per heavy atom. The van der Waals surface area contributed by atoms with Gasteiger partial charge in [-0.3, -0.25) is 9.59 Å². The van der Waals surface area contributed by atoms with E-state index in [2.05, 4.69) is 10.5 Å². The lowest BCUT2D eigenvalue weighted by Gasteiger charge is -2.19. The lowest BCUT2D eigenvalue weighted by molar-refractivity contribution is -0.119. The Hall–Kier alpha value is -4.14. The van der Waals surface area contributed by atoms with E-state index < -0.39 is 18.5 Å². The first-order valence-corrected chi connectivity index (χ1v) is 10.9. The number of hydrogen-bond acceptors (Lipinski definition) is 7. The number of rotatable bonds is 8. The molecule has 176 valence electrons. The fourth-order valence-electron chi connectivity index (χ4n) is 3.67. The summed E-state index contributed by atoms with van der Waals surface area (Å²) in [6, 6.07) is 13.5. The zero-order chi connectivity index (χ0) is 24.1. The first-order chi connectivity index (χ1) is 16.4. The maximum absolute atomic E-state index is 12.4. The molecule has 3 aromatic rings. The van der Waals surface area contributed by atoms with Crippen molar-refractivity contribution in [1.29, 1.82) is 0 Å². The third-order valence-electron chi connectivity index (χ3n) is 5.53. The fourth-order valence-corrected chi connectivity index (χ4v) is 3.67. The van der Waals surface area contributed by atoms with E-state index in [4.69, 9.17) is 14.0 Å². The van der Waals surface area contributed by atoms with Gasteiger partial charge >= 0.3 is 5.97 Å². The monoisotopic (exact) mass is 463 g/mol. The van der Waals surface area contributed by atoms with Crippen LogP contribution < -0.4 is 15.0 Å². The highest BCUT2D eigenvalue weighted by Gasteiger charge is 2.24. The summed E-state index contributed by atoms with van der Waals surface area (Å²) in [5.41, 5.74) is 3.08. The second kappa shape index (κ2) is 10.2. The summed E-state index contributed by atoms with van der Waals surface area (Å²) in [7, 11) is 0. The van der Waals surface area contributed by atoms with Crippen LogP contribution in [0, 0.1) is 13.8 Å². The predicted octanol–water partition coefficient (Wildman–Crippen LogP) is 3.79. The van der Waals surface area contributed by atoms with Crippen molar-refractivity contribution in [2.75, 3.05) is 23.4 Å². The van der Waals surface area contributed by atoms with Crippen molar-refractivity contribution in [2.45, 2.75) is 33.3 Å². The molecule has 1 N–H and O–H groups in total. The molecule has 0 radical (unpaired) electrons. The van der Waals surface area contributed by atoms with Crippen molar-refractivity contribution in [3.05, 3.63) is 71.1 Å². The number of hydrogen-bond donors (Lipinski definition) is 1. The third kappa shape index (κ3) is 5.25. The van der Waals surface area contributed by atoms with Gasteiger partial charge < -0.3 is 24.2 Å². The van der Waals surface area contributed by atoms with Crippen LogP contribution in [-0.2, 0) is 20.9 Å². The van der Waals surface area contributed by atoms with Gasteiger partial charge in [-0.05, 0) is 56.7 Å². The molecule has 0 aliphatic carbocycles. The predicted molar refractivity (Wildman–Crippen MR) is 124 cm³/mol. The summed E-state index contributed by atoms with van der Waals surface area (Å²) >= 11 is 0. The minimum Gasteiger partial charge on any atom is -0.489 e. The summed E-state index contributed by atoms with van der Waals surface area (Å²) in [4.78, 5) is 38.4. The van der Waals surface area contributed by atoms with Crippen molar-refractivity contribution in [3.63, 3.8) is 0 Å². The lowest BCUT2D eigenvalue weighted by atomic mass is 10.2. The van der Waals surface area contributed by atoms with Crippen molar-refractivity contribution >= 4 is 29.2 Å². The number of carbonyl (C=O) groups excluding carboxylic acids is 3. The molecule has 2 amide bonds. The smallest absolute Gasteiger partial charge is 0.338 e. The van der Waals surface area contributed by atoms with Gasteiger partial charge in [0.25, 0.3) is 5.91 Å². The number of aromatic nitrogens is 1. The molecular weight excluding hydrogens is 438 g/mol. The average Bonchev–Trinajstić information content (AvgIpc) is 3.41. The van der Waals surface area contributed by atoms with Crippen LogP contribution in [-0.4, -0.2) is 36.1 Å². The first-order valence-electron chi connectivity index (χ1n) is 10.9. The number of ether oxygens (including phenoxy) is 2. The molecule has 2 aromatic carbocycles. The maximum atomic E-state index is 12.4. The summed E-state index contributed by atoms with van der Waals surface area (Å²) in [5, 5.41) is 6.61. The van der Waals surface area contributed by atoms with Crippen LogP contribution in [0.15, 0.2) is 53.1 Å². The second-order valence-electron chi connectivity index (χ2n) is 7.91. The summed E-state index contributed by atoms with van der Waals surface area (Å²) in [6.07, 6.45) is 1.27. The van der Waals surface area contributed by atoms with E-state index in [0.717, 1.165) is 17.7 Å². The first kappa shape index (κ1) is 23.0. The molecule has 1 saturated heterocycles. The molecule has 1 aromatic heterocycles. The van der Waals surface area contributed by atoms with Gasteiger partial charge in [0.15, 0.2) is 6.61 Å². The molecule has 1 aliphatic heterocycles. The highest BCUT2D eigenvalue weighted by molar-refractivity contribution is 6.02. The van der Waals surface area contributed by atoms with Crippen LogP contribution in [0.4, 0.5) is 11.4 Å². The molecule has 4 rings (SSSR count). The Morgan fingerprint density at radius 1 is 1.12 bits per heavy atom. The molecule has 0 spiro atoms. The van der Waals surface area contributed by atoms with Crippen LogP contribution in [0.3, 0.4) is 0 Å². The van der Waals surface area contributed by atoms with Crippen LogP contribution in [0.2, 0.25) is 0 Å². The topological polar surface area (TPSA) is 111 Å². The van der Waals surface area contributed by atoms with E-state index >= 15 is 0 Å². The fraction of sp³-hybridized carbons (Fsp3) is 0.280. The third-order valence-corrected chi connectivity index (χ3v) is 5.53. The van der Waals surface area contributed by atoms with E-state index in [1.807, 2.05) is 13.8 Å². The van der Waals surface area contributed by atoms with Gasteiger partial charge in [0, 0.05) is 13.0 Å². The molecule has 1 aliphatic rings. The largest absolute Gasteiger partial charge is 0.489 e. The summed E-state index contributed by atoms with van der Waals surface area (Å²) in [6.45, 7) is 4.12. The number of anilines is 2. The van der Waals surface area contributed by atoms with Crippen LogP contribution in [0.5, 0.6) is 5.75 Å². The maximum Gasteiger partial charge on any atom is 0.338 e. The molecule has 34 heavy (non-hydrogen) atoms. The molecular formula is C25H25N3O6. The van der Waals surface area contributed by atoms with Crippen LogP contribution >= 0.6 is 0 Å². The number of esters is 1. The van der Waals surface area contributed by atoms with Gasteiger partial charge in [-0.25, -0.2) is 4.79 Å². The van der Waals surface area contributed by atoms with Crippen LogP contribution in [0.25, 0.3) is 0 Å². The molecule has 0 bridgehead atoms. The van der Waals surface area contributed by atoms with Crippen molar-refractivity contribution in [1.82, 2.24) is 5.16 Å². The van der Waals surface area contributed by atoms with Crippen LogP contribution in [0.1, 0.15) is 40.2 Å². The molecule has 0 unspecified atom stereocenters. The summed E-state index contributed by atoms with van der Waals surface area (Å²) in [5.74, 6) is 0.169. The Morgan fingerprint density at radius 3 is 2.56 bits per heavy atom. The molecule has 1 fully saturated rings. The quantitative estimate of drug-likeness (QED) is 0.506. The molecule has 0 atom stereocenters. The number of amides is 2. The van der Waals surface area contributed by atoms with Gasteiger partial charge in [-0.2, -0.15) is 0 Å². The highest BCUT2D eigenvalue weighted by atomic mass is 16.5. The zero-order valence-corrected chi connectivity index (χ0v) is 19.0. The Balaban J connectivity index is 1.29. The van der Waals surface area contributed by atoms with Crippen molar-refractivity contribution in [2.24, 2.45) is 0 Å². The van der Waals surface area contributed by atoms with Gasteiger partial charge in [0.1, 0.15) is 18.1 Å². The minimum absolute atomic E-state index is 0.0206. The second-order valence-corrected chi connectivity index (χ2v) is 7.91. The number of carbonyl (C=O) groups is 3. The van der Waals surface area contributed by atoms with Gasteiger partial charge in [-0.15, -0.1) is 0 Å². The average molecular weight is 463 g/mol. The Kier molecular flexibility index (Phi) is 6.91. The zero-order valence-electron chi connectivity index (χ0n) is 19.0. The normalized spacial score (nSPS) is 13.1. The van der Waals surface area contributed by atoms with E-state index in [1.54, 1.807) is 53.4 Å². The van der Waals surface area contributed by atoms with Crippen molar-refractivity contribution in [3.8, 4) is 5.75 Å². The summed E-state index contributed by atoms with van der Waals surface area (Å²) < 4.78 is 16.0. The van der Waals surface area contributed by atoms with E-state index in [0.29, 0.717) is 48.0 Å². The van der Waals surface area contributed by atoms with Gasteiger partial charge in [-0.1, -0.05) is 17.3 Å². The number of para-hydroxylation sites is 2. The molecule has 9 nitrogen and oxygen atoms in total. The Labute approximate surface area is 196 Å². The Bertz CT molecular complexity index is 1180. The molecule has 0 saturated carbocycles. The highest BCUT2D eigenvalue weighted by Crippen LogP contribution is 2.29. The number of nitrogens with one attached hydrogen (secondary N) is 1. The molecule has 9 heteroatoms. The van der Waals surface area contributed by atoms with Crippen molar-refractivity contribution < 1.29 is 28.4 Å².